The second-order valence-electron chi connectivity index (χ2n) is 6.47. The first-order valence-corrected chi connectivity index (χ1v) is 8.21. The summed E-state index contributed by atoms with van der Waals surface area (Å²) in [4.78, 5) is 18.6. The lowest BCUT2D eigenvalue weighted by atomic mass is 10.2. The van der Waals surface area contributed by atoms with Gasteiger partial charge >= 0.3 is 0 Å². The van der Waals surface area contributed by atoms with Crippen LogP contribution < -0.4 is 5.32 Å². The van der Waals surface area contributed by atoms with Crippen molar-refractivity contribution in [3.8, 4) is 0 Å². The van der Waals surface area contributed by atoms with Crippen molar-refractivity contribution in [2.24, 2.45) is 0 Å². The number of imidazole rings is 1. The zero-order chi connectivity index (χ0) is 15.1. The molecule has 0 bridgehead atoms. The number of hydrogen-bond acceptors (Lipinski definition) is 3. The third kappa shape index (κ3) is 2.39. The summed E-state index contributed by atoms with van der Waals surface area (Å²) in [7, 11) is 0. The molecule has 1 fully saturated rings. The van der Waals surface area contributed by atoms with E-state index in [0.29, 0.717) is 0 Å². The molecule has 22 heavy (non-hydrogen) atoms. The minimum atomic E-state index is -0.0456. The molecule has 1 aromatic carbocycles. The molecule has 1 saturated carbocycles. The second kappa shape index (κ2) is 5.39. The maximum absolute atomic E-state index is 11.2. The SMILES string of the molecule is CC(=O)Nc1ccc2c(c1)nc1n2CCN(C2CCCC2)C1. The topological polar surface area (TPSA) is 50.2 Å². The Balaban J connectivity index is 1.63. The monoisotopic (exact) mass is 298 g/mol. The quantitative estimate of drug-likeness (QED) is 0.927. The third-order valence-corrected chi connectivity index (χ3v) is 4.94. The molecule has 1 N–H and O–H groups in total. The summed E-state index contributed by atoms with van der Waals surface area (Å²) >= 11 is 0. The van der Waals surface area contributed by atoms with Crippen LogP contribution in [0.1, 0.15) is 38.4 Å². The Morgan fingerprint density at radius 1 is 1.27 bits per heavy atom. The van der Waals surface area contributed by atoms with E-state index in [2.05, 4.69) is 20.9 Å². The lowest BCUT2D eigenvalue weighted by Gasteiger charge is -2.32. The van der Waals surface area contributed by atoms with Crippen molar-refractivity contribution in [3.05, 3.63) is 24.0 Å². The predicted octanol–water partition coefficient (Wildman–Crippen LogP) is 2.75. The zero-order valence-electron chi connectivity index (χ0n) is 13.0. The van der Waals surface area contributed by atoms with Gasteiger partial charge in [-0.15, -0.1) is 0 Å². The molecule has 1 aliphatic heterocycles. The molecule has 1 aromatic heterocycles. The summed E-state index contributed by atoms with van der Waals surface area (Å²) < 4.78 is 2.33. The summed E-state index contributed by atoms with van der Waals surface area (Å²) in [6, 6.07) is 6.76. The van der Waals surface area contributed by atoms with Crippen LogP contribution in [0.3, 0.4) is 0 Å². The van der Waals surface area contributed by atoms with Crippen LogP contribution in [0.2, 0.25) is 0 Å². The summed E-state index contributed by atoms with van der Waals surface area (Å²) in [6.07, 6.45) is 5.43. The van der Waals surface area contributed by atoms with Crippen molar-refractivity contribution >= 4 is 22.6 Å². The van der Waals surface area contributed by atoms with Crippen molar-refractivity contribution in [3.63, 3.8) is 0 Å². The van der Waals surface area contributed by atoms with Gasteiger partial charge in [0.15, 0.2) is 0 Å². The van der Waals surface area contributed by atoms with E-state index in [-0.39, 0.29) is 5.91 Å². The molecule has 0 atom stereocenters. The number of carbonyl (C=O) groups excluding carboxylic acids is 1. The van der Waals surface area contributed by atoms with Gasteiger partial charge in [0.1, 0.15) is 5.82 Å². The second-order valence-corrected chi connectivity index (χ2v) is 6.47. The minimum absolute atomic E-state index is 0.0456. The first kappa shape index (κ1) is 13.8. The Morgan fingerprint density at radius 3 is 2.86 bits per heavy atom. The molecule has 4 rings (SSSR count). The number of nitrogens with zero attached hydrogens (tertiary/aromatic N) is 3. The van der Waals surface area contributed by atoms with Crippen molar-refractivity contribution in [2.75, 3.05) is 11.9 Å². The van der Waals surface area contributed by atoms with Gasteiger partial charge in [0.05, 0.1) is 17.6 Å². The van der Waals surface area contributed by atoms with Gasteiger partial charge in [-0.05, 0) is 31.0 Å². The average molecular weight is 298 g/mol. The molecule has 5 heteroatoms. The molecule has 2 aromatic rings. The van der Waals surface area contributed by atoms with Crippen LogP contribution in [0.15, 0.2) is 18.2 Å². The Kier molecular flexibility index (Phi) is 3.37. The van der Waals surface area contributed by atoms with Gasteiger partial charge in [-0.1, -0.05) is 12.8 Å². The van der Waals surface area contributed by atoms with E-state index < -0.39 is 0 Å². The minimum Gasteiger partial charge on any atom is -0.326 e. The number of anilines is 1. The number of nitrogens with one attached hydrogen (secondary N) is 1. The molecule has 2 aliphatic rings. The molecule has 2 heterocycles. The Morgan fingerprint density at radius 2 is 2.09 bits per heavy atom. The van der Waals surface area contributed by atoms with Gasteiger partial charge in [0, 0.05) is 31.7 Å². The molecule has 116 valence electrons. The summed E-state index contributed by atoms with van der Waals surface area (Å²) in [5, 5.41) is 2.83. The van der Waals surface area contributed by atoms with Crippen LogP contribution in [0.5, 0.6) is 0 Å². The summed E-state index contributed by atoms with van der Waals surface area (Å²) in [5.41, 5.74) is 2.98. The number of hydrogen-bond donors (Lipinski definition) is 1. The number of aromatic nitrogens is 2. The van der Waals surface area contributed by atoms with E-state index in [1.54, 1.807) is 0 Å². The number of rotatable bonds is 2. The lowest BCUT2D eigenvalue weighted by molar-refractivity contribution is -0.114. The fourth-order valence-electron chi connectivity index (χ4n) is 3.90. The van der Waals surface area contributed by atoms with Gasteiger partial charge < -0.3 is 9.88 Å². The fraction of sp³-hybridized carbons (Fsp3) is 0.529. The summed E-state index contributed by atoms with van der Waals surface area (Å²) in [6.45, 7) is 4.62. The Bertz CT molecular complexity index is 715. The third-order valence-electron chi connectivity index (χ3n) is 4.94. The molecular formula is C17H22N4O. The van der Waals surface area contributed by atoms with E-state index in [1.807, 2.05) is 12.1 Å². The van der Waals surface area contributed by atoms with Crippen LogP contribution in [0.4, 0.5) is 5.69 Å². The number of amides is 1. The highest BCUT2D eigenvalue weighted by molar-refractivity contribution is 5.91. The number of benzene rings is 1. The maximum atomic E-state index is 11.2. The first-order valence-electron chi connectivity index (χ1n) is 8.21. The van der Waals surface area contributed by atoms with E-state index >= 15 is 0 Å². The van der Waals surface area contributed by atoms with Crippen LogP contribution in [0.25, 0.3) is 11.0 Å². The normalized spacial score (nSPS) is 19.5. The van der Waals surface area contributed by atoms with Crippen molar-refractivity contribution in [2.45, 2.75) is 51.7 Å². The van der Waals surface area contributed by atoms with Gasteiger partial charge in [-0.3, -0.25) is 9.69 Å². The van der Waals surface area contributed by atoms with Gasteiger partial charge in [-0.25, -0.2) is 4.98 Å². The average Bonchev–Trinajstić information content (AvgIpc) is 3.12. The molecular weight excluding hydrogens is 276 g/mol. The van der Waals surface area contributed by atoms with Gasteiger partial charge in [0.2, 0.25) is 5.91 Å². The predicted molar refractivity (Wildman–Crippen MR) is 86.7 cm³/mol. The number of fused-ring (bicyclic) bond motifs is 3. The maximum Gasteiger partial charge on any atom is 0.221 e. The van der Waals surface area contributed by atoms with Gasteiger partial charge in [-0.2, -0.15) is 0 Å². The molecule has 1 amide bonds. The van der Waals surface area contributed by atoms with Crippen LogP contribution >= 0.6 is 0 Å². The smallest absolute Gasteiger partial charge is 0.221 e. The molecule has 1 aliphatic carbocycles. The molecule has 0 spiro atoms. The van der Waals surface area contributed by atoms with Crippen LogP contribution in [0, 0.1) is 0 Å². The van der Waals surface area contributed by atoms with Crippen molar-refractivity contribution in [1.29, 1.82) is 0 Å². The largest absolute Gasteiger partial charge is 0.326 e. The molecule has 0 radical (unpaired) electrons. The molecule has 0 unspecified atom stereocenters. The fourth-order valence-corrected chi connectivity index (χ4v) is 3.90. The van der Waals surface area contributed by atoms with E-state index in [4.69, 9.17) is 4.98 Å². The molecule has 5 nitrogen and oxygen atoms in total. The Labute approximate surface area is 130 Å². The highest BCUT2D eigenvalue weighted by atomic mass is 16.1. The van der Waals surface area contributed by atoms with Crippen LogP contribution in [-0.4, -0.2) is 32.9 Å². The zero-order valence-corrected chi connectivity index (χ0v) is 13.0. The number of carbonyl (C=O) groups is 1. The van der Waals surface area contributed by atoms with Crippen LogP contribution in [-0.2, 0) is 17.9 Å². The standard InChI is InChI=1S/C17H22N4O/c1-12(22)18-13-6-7-16-15(10-13)19-17-11-20(8-9-21(16)17)14-4-2-3-5-14/h6-7,10,14H,2-5,8-9,11H2,1H3,(H,18,22). The molecule has 0 saturated heterocycles. The highest BCUT2D eigenvalue weighted by Crippen LogP contribution is 2.29. The highest BCUT2D eigenvalue weighted by Gasteiger charge is 2.27. The van der Waals surface area contributed by atoms with E-state index in [0.717, 1.165) is 42.7 Å². The summed E-state index contributed by atoms with van der Waals surface area (Å²) in [5.74, 6) is 1.11. The Hall–Kier alpha value is -1.88. The van der Waals surface area contributed by atoms with Gasteiger partial charge in [0.25, 0.3) is 0 Å². The van der Waals surface area contributed by atoms with E-state index in [1.165, 1.54) is 38.1 Å². The lowest BCUT2D eigenvalue weighted by Crippen LogP contribution is -2.39. The first-order chi connectivity index (χ1) is 10.7. The van der Waals surface area contributed by atoms with Crippen molar-refractivity contribution < 1.29 is 4.79 Å². The van der Waals surface area contributed by atoms with E-state index in [9.17, 15) is 4.79 Å². The van der Waals surface area contributed by atoms with Crippen molar-refractivity contribution in [1.82, 2.24) is 14.5 Å².